The van der Waals surface area contributed by atoms with Gasteiger partial charge in [0, 0.05) is 58.2 Å². The Morgan fingerprint density at radius 1 is 0.483 bits per heavy atom. The van der Waals surface area contributed by atoms with Crippen molar-refractivity contribution in [1.82, 2.24) is 49.7 Å². The van der Waals surface area contributed by atoms with Crippen molar-refractivity contribution < 1.29 is 38.1 Å². The van der Waals surface area contributed by atoms with Crippen LogP contribution in [0.3, 0.4) is 0 Å². The van der Waals surface area contributed by atoms with E-state index in [1.165, 1.54) is 18.7 Å². The number of carbonyl (C=O) groups is 4. The number of hydrogen-bond acceptors (Lipinski definition) is 20. The molecular formula is C64H79Br2ClN14O8. The van der Waals surface area contributed by atoms with Gasteiger partial charge in [0.2, 0.25) is 0 Å². The first-order chi connectivity index (χ1) is 41.8. The molecular weight excluding hydrogens is 1290 g/mol. The maximum absolute atomic E-state index is 12.5. The predicted molar refractivity (Wildman–Crippen MR) is 363 cm³/mol. The van der Waals surface area contributed by atoms with Gasteiger partial charge in [-0.2, -0.15) is 0 Å². The summed E-state index contributed by atoms with van der Waals surface area (Å²) in [4.78, 5) is 83.6. The molecule has 25 heteroatoms. The smallest absolute Gasteiger partial charge is 0.420 e. The molecule has 22 nitrogen and oxygen atoms in total. The van der Waals surface area contributed by atoms with Crippen LogP contribution < -0.4 is 21.7 Å². The number of amides is 4. The van der Waals surface area contributed by atoms with E-state index in [1.54, 1.807) is 109 Å². The average Bonchev–Trinajstić information content (AvgIpc) is 3.30. The third-order valence-corrected chi connectivity index (χ3v) is 12.3. The van der Waals surface area contributed by atoms with Crippen LogP contribution in [0.4, 0.5) is 36.6 Å². The number of rotatable bonds is 10. The number of fused-ring (bicyclic) bond motifs is 4. The van der Waals surface area contributed by atoms with E-state index >= 15 is 0 Å². The summed E-state index contributed by atoms with van der Waals surface area (Å²) in [5, 5.41) is 13.4. The molecule has 0 saturated carbocycles. The Kier molecular flexibility index (Phi) is 27.7. The Hall–Kier alpha value is -8.45. The second kappa shape index (κ2) is 33.8. The minimum Gasteiger partial charge on any atom is -0.443 e. The van der Waals surface area contributed by atoms with Crippen LogP contribution in [0.5, 0.6) is 0 Å². The molecule has 0 radical (unpaired) electrons. The summed E-state index contributed by atoms with van der Waals surface area (Å²) in [5.41, 5.74) is 8.15. The number of aromatic nitrogens is 8. The summed E-state index contributed by atoms with van der Waals surface area (Å²) in [7, 11) is 5.50. The largest absolute Gasteiger partial charge is 0.443 e. The van der Waals surface area contributed by atoms with Gasteiger partial charge in [-0.15, -0.1) is 6.58 Å². The first-order valence-corrected chi connectivity index (χ1v) is 29.8. The molecule has 8 aromatic rings. The lowest BCUT2D eigenvalue weighted by molar-refractivity contribution is 0.00160. The number of nitrogens with one attached hydrogen (secondary N) is 3. The fraction of sp³-hybridized carbons (Fsp3) is 0.344. The molecule has 0 aliphatic carbocycles. The van der Waals surface area contributed by atoms with E-state index in [9.17, 15) is 19.2 Å². The van der Waals surface area contributed by atoms with Gasteiger partial charge in [0.05, 0.1) is 35.2 Å². The molecule has 0 unspecified atom stereocenters. The zero-order valence-electron chi connectivity index (χ0n) is 52.9. The SMILES string of the molecule is C=CCN(C(=O)OC(C)(C)C)C(=O)OC(C)(C)C.CNc1ncnc2ccc(/C=C/CN(C(=O)OC(C)(C)C)C(=O)OC(C)(C)C)cc12.CNc1ncnc2ccc(/C=C/CN)cc12.CNc1ncnc2ccc(Br)cc12.Clc1ncnc2ccc(Br)cc12. The fourth-order valence-corrected chi connectivity index (χ4v) is 8.24. The molecule has 0 spiro atoms. The molecule has 0 aliphatic rings. The van der Waals surface area contributed by atoms with Gasteiger partial charge in [0.25, 0.3) is 0 Å². The number of ether oxygens (including phenoxy) is 4. The highest BCUT2D eigenvalue weighted by Gasteiger charge is 2.32. The van der Waals surface area contributed by atoms with E-state index in [0.29, 0.717) is 11.7 Å². The zero-order valence-corrected chi connectivity index (χ0v) is 56.8. The molecule has 0 fully saturated rings. The summed E-state index contributed by atoms with van der Waals surface area (Å²) < 4.78 is 23.0. The quantitative estimate of drug-likeness (QED) is 0.0562. The molecule has 89 heavy (non-hydrogen) atoms. The Morgan fingerprint density at radius 3 is 1.15 bits per heavy atom. The molecule has 5 N–H and O–H groups in total. The van der Waals surface area contributed by atoms with Crippen LogP contribution in [0.25, 0.3) is 55.8 Å². The predicted octanol–water partition coefficient (Wildman–Crippen LogP) is 15.3. The Morgan fingerprint density at radius 2 is 0.798 bits per heavy atom. The molecule has 0 bridgehead atoms. The van der Waals surface area contributed by atoms with Crippen molar-refractivity contribution in [1.29, 1.82) is 0 Å². The molecule has 0 saturated heterocycles. The van der Waals surface area contributed by atoms with Gasteiger partial charge < -0.3 is 40.6 Å². The lowest BCUT2D eigenvalue weighted by atomic mass is 10.1. The number of nitrogens with two attached hydrogens (primary N) is 1. The summed E-state index contributed by atoms with van der Waals surface area (Å²) in [6.07, 6.45) is 12.0. The minimum absolute atomic E-state index is 0.00599. The maximum atomic E-state index is 12.5. The zero-order chi connectivity index (χ0) is 66.3. The van der Waals surface area contributed by atoms with Crippen LogP contribution >= 0.6 is 43.5 Å². The molecule has 8 rings (SSSR count). The number of carbonyl (C=O) groups excluding carboxylic acids is 4. The maximum Gasteiger partial charge on any atom is 0.420 e. The van der Waals surface area contributed by atoms with Crippen LogP contribution in [0, 0.1) is 0 Å². The highest BCUT2D eigenvalue weighted by Crippen LogP contribution is 2.26. The summed E-state index contributed by atoms with van der Waals surface area (Å²) in [6, 6.07) is 23.4. The third-order valence-electron chi connectivity index (χ3n) is 11.0. The number of hydrogen-bond donors (Lipinski definition) is 4. The van der Waals surface area contributed by atoms with E-state index < -0.39 is 46.8 Å². The number of imide groups is 2. The van der Waals surface area contributed by atoms with Crippen LogP contribution in [0.15, 0.2) is 132 Å². The van der Waals surface area contributed by atoms with Gasteiger partial charge in [0.1, 0.15) is 70.3 Å². The molecule has 4 heterocycles. The van der Waals surface area contributed by atoms with Crippen LogP contribution in [-0.4, -0.2) is 137 Å². The molecule has 4 aromatic heterocycles. The van der Waals surface area contributed by atoms with Crippen molar-refractivity contribution in [2.75, 3.05) is 56.7 Å². The minimum atomic E-state index is -0.759. The number of anilines is 3. The first-order valence-electron chi connectivity index (χ1n) is 27.9. The number of nitrogens with zero attached hydrogens (tertiary/aromatic N) is 10. The molecule has 4 amide bonds. The van der Waals surface area contributed by atoms with Crippen molar-refractivity contribution >= 4 is 141 Å². The average molecular weight is 1370 g/mol. The van der Waals surface area contributed by atoms with Crippen molar-refractivity contribution in [2.24, 2.45) is 5.73 Å². The summed E-state index contributed by atoms with van der Waals surface area (Å²) in [6.45, 7) is 24.9. The van der Waals surface area contributed by atoms with Crippen molar-refractivity contribution in [3.05, 3.63) is 148 Å². The topological polar surface area (TPSA) is 277 Å². The molecule has 4 aromatic carbocycles. The van der Waals surface area contributed by atoms with Crippen LogP contribution in [-0.2, 0) is 18.9 Å². The van der Waals surface area contributed by atoms with E-state index in [-0.39, 0.29) is 13.1 Å². The Bertz CT molecular complexity index is 3720. The van der Waals surface area contributed by atoms with Gasteiger partial charge in [-0.1, -0.05) is 86.0 Å². The van der Waals surface area contributed by atoms with E-state index in [2.05, 4.69) is 94.3 Å². The Labute approximate surface area is 541 Å². The second-order valence-corrected chi connectivity index (χ2v) is 25.1. The van der Waals surface area contributed by atoms with Crippen molar-refractivity contribution in [3.8, 4) is 0 Å². The number of benzene rings is 4. The van der Waals surface area contributed by atoms with Gasteiger partial charge in [-0.25, -0.2) is 68.8 Å². The lowest BCUT2D eigenvalue weighted by Crippen LogP contribution is -2.43. The normalized spacial score (nSPS) is 11.4. The Balaban J connectivity index is 0.000000249. The van der Waals surface area contributed by atoms with Crippen molar-refractivity contribution in [3.63, 3.8) is 0 Å². The second-order valence-electron chi connectivity index (χ2n) is 22.9. The van der Waals surface area contributed by atoms with Gasteiger partial charge >= 0.3 is 24.4 Å². The molecule has 0 aliphatic heterocycles. The monoisotopic (exact) mass is 1360 g/mol. The number of halogens is 3. The van der Waals surface area contributed by atoms with E-state index in [1.807, 2.05) is 105 Å². The van der Waals surface area contributed by atoms with Crippen molar-refractivity contribution in [2.45, 2.75) is 105 Å². The van der Waals surface area contributed by atoms with Gasteiger partial charge in [-0.3, -0.25) is 0 Å². The summed E-state index contributed by atoms with van der Waals surface area (Å²) >= 11 is 12.6. The van der Waals surface area contributed by atoms with Gasteiger partial charge in [0.15, 0.2) is 0 Å². The standard InChI is InChI=1S/C22H30N4O4.C13H23NO4.C12H14N4.C9H8BrN3.C8H4BrClN2/c1-21(2,3)29-19(27)26(20(28)30-22(4,5)6)12-8-9-15-10-11-17-16(13-15)18(23-7)25-14-24-17;1-8-9-14(10(15)17-12(2,3)4)11(16)18-13(5,6)7;1-14-12-10-7-9(3-2-6-13)4-5-11(10)15-8-16-12;1-11-9-7-4-6(10)2-3-8(7)12-5-13-9;9-5-1-2-7-6(3-5)8(10)12-4-11-7/h8-11,13-14H,12H2,1-7H3,(H,23,24,25);8H,1,9H2,2-7H3;2-5,7-8H,6,13H2,1H3,(H,14,15,16);2-5H,1H3,(H,11,12,13);1-4H/b9-8+;;3-2+;;. The van der Waals surface area contributed by atoms with Crippen LogP contribution in [0.2, 0.25) is 5.15 Å². The lowest BCUT2D eigenvalue weighted by Gasteiger charge is -2.28. The first kappa shape index (κ1) is 73.0. The van der Waals surface area contributed by atoms with Crippen LogP contribution in [0.1, 0.15) is 94.2 Å². The third kappa shape index (κ3) is 24.9. The highest BCUT2D eigenvalue weighted by atomic mass is 79.9. The van der Waals surface area contributed by atoms with E-state index in [0.717, 1.165) is 90.9 Å². The van der Waals surface area contributed by atoms with E-state index in [4.69, 9.17) is 36.3 Å². The summed E-state index contributed by atoms with van der Waals surface area (Å²) in [5.74, 6) is 2.42. The molecule has 474 valence electrons. The van der Waals surface area contributed by atoms with Gasteiger partial charge in [-0.05, 0) is 155 Å². The highest BCUT2D eigenvalue weighted by molar-refractivity contribution is 9.10. The fourth-order valence-electron chi connectivity index (χ4n) is 7.32. The molecule has 0 atom stereocenters.